The summed E-state index contributed by atoms with van der Waals surface area (Å²) in [7, 11) is 1.57. The van der Waals surface area contributed by atoms with Gasteiger partial charge in [-0.25, -0.2) is 0 Å². The Hall–Kier alpha value is -1.01. The molecular weight excluding hydrogens is 317 g/mol. The zero-order valence-corrected chi connectivity index (χ0v) is 13.2. The smallest absolute Gasteiger partial charge is 0.258 e. The van der Waals surface area contributed by atoms with E-state index < -0.39 is 0 Å². The molecule has 1 aliphatic heterocycles. The highest BCUT2D eigenvalue weighted by Gasteiger charge is 2.29. The predicted octanol–water partition coefficient (Wildman–Crippen LogP) is 2.58. The van der Waals surface area contributed by atoms with E-state index in [-0.39, 0.29) is 28.3 Å². The van der Waals surface area contributed by atoms with Crippen LogP contribution < -0.4 is 0 Å². The van der Waals surface area contributed by atoms with Crippen molar-refractivity contribution < 1.29 is 19.4 Å². The Kier molecular flexibility index (Phi) is 5.70. The van der Waals surface area contributed by atoms with Crippen LogP contribution in [-0.4, -0.2) is 55.4 Å². The Bertz CT molecular complexity index is 518. The maximum Gasteiger partial charge on any atom is 0.258 e. The van der Waals surface area contributed by atoms with Gasteiger partial charge in [0, 0.05) is 25.3 Å². The number of benzene rings is 1. The van der Waals surface area contributed by atoms with E-state index >= 15 is 0 Å². The minimum absolute atomic E-state index is 0.0372. The third kappa shape index (κ3) is 3.80. The molecule has 1 N–H and O–H groups in total. The van der Waals surface area contributed by atoms with Gasteiger partial charge in [0.05, 0.1) is 29.8 Å². The number of phenolic OH excluding ortho intramolecular Hbond substituents is 1. The lowest BCUT2D eigenvalue weighted by Crippen LogP contribution is -2.42. The molecule has 0 spiro atoms. The predicted molar refractivity (Wildman–Crippen MR) is 80.3 cm³/mol. The lowest BCUT2D eigenvalue weighted by Gasteiger charge is -2.28. The van der Waals surface area contributed by atoms with E-state index in [4.69, 9.17) is 32.7 Å². The summed E-state index contributed by atoms with van der Waals surface area (Å²) in [5.74, 6) is -0.586. The number of ether oxygens (including phenoxy) is 2. The highest BCUT2D eigenvalue weighted by atomic mass is 35.5. The first-order valence-electron chi connectivity index (χ1n) is 6.60. The number of halogens is 2. The molecule has 0 radical (unpaired) electrons. The van der Waals surface area contributed by atoms with Gasteiger partial charge in [0.25, 0.3) is 5.91 Å². The lowest BCUT2D eigenvalue weighted by atomic mass is 10.1. The summed E-state index contributed by atoms with van der Waals surface area (Å²) in [4.78, 5) is 14.3. The highest BCUT2D eigenvalue weighted by molar-refractivity contribution is 6.36. The van der Waals surface area contributed by atoms with Crippen LogP contribution in [0.15, 0.2) is 12.1 Å². The summed E-state index contributed by atoms with van der Waals surface area (Å²) in [6, 6.07) is 2.78. The molecule has 1 heterocycles. The Morgan fingerprint density at radius 3 is 2.90 bits per heavy atom. The van der Waals surface area contributed by atoms with Crippen LogP contribution in [-0.2, 0) is 9.47 Å². The molecular formula is C14H17Cl2NO4. The van der Waals surface area contributed by atoms with Gasteiger partial charge in [0.15, 0.2) is 0 Å². The molecule has 0 aliphatic carbocycles. The van der Waals surface area contributed by atoms with Crippen LogP contribution in [0.5, 0.6) is 5.75 Å². The third-order valence-corrected chi connectivity index (χ3v) is 3.91. The van der Waals surface area contributed by atoms with Gasteiger partial charge in [-0.3, -0.25) is 4.79 Å². The quantitative estimate of drug-likeness (QED) is 0.899. The van der Waals surface area contributed by atoms with Crippen LogP contribution in [0.2, 0.25) is 10.0 Å². The van der Waals surface area contributed by atoms with E-state index in [1.54, 1.807) is 12.0 Å². The van der Waals surface area contributed by atoms with E-state index in [0.29, 0.717) is 31.4 Å². The lowest BCUT2D eigenvalue weighted by molar-refractivity contribution is 0.0573. The minimum atomic E-state index is -0.329. The molecule has 0 unspecified atom stereocenters. The number of aromatic hydroxyl groups is 1. The molecule has 0 saturated carbocycles. The Morgan fingerprint density at radius 1 is 1.52 bits per heavy atom. The third-order valence-electron chi connectivity index (χ3n) is 3.40. The second-order valence-electron chi connectivity index (χ2n) is 4.79. The molecule has 1 aliphatic rings. The average Bonchev–Trinajstić information content (AvgIpc) is 2.97. The molecule has 1 atom stereocenters. The van der Waals surface area contributed by atoms with Crippen molar-refractivity contribution in [3.63, 3.8) is 0 Å². The zero-order valence-electron chi connectivity index (χ0n) is 11.6. The van der Waals surface area contributed by atoms with Crippen molar-refractivity contribution in [3.8, 4) is 5.75 Å². The first-order valence-corrected chi connectivity index (χ1v) is 7.36. The number of amides is 1. The van der Waals surface area contributed by atoms with Crippen LogP contribution >= 0.6 is 23.2 Å². The van der Waals surface area contributed by atoms with Crippen molar-refractivity contribution in [1.82, 2.24) is 4.90 Å². The van der Waals surface area contributed by atoms with Gasteiger partial charge in [-0.1, -0.05) is 23.2 Å². The Morgan fingerprint density at radius 2 is 2.29 bits per heavy atom. The first kappa shape index (κ1) is 16.4. The highest BCUT2D eigenvalue weighted by Crippen LogP contribution is 2.32. The van der Waals surface area contributed by atoms with Crippen LogP contribution in [0, 0.1) is 0 Å². The van der Waals surface area contributed by atoms with Crippen molar-refractivity contribution in [2.75, 3.05) is 33.5 Å². The molecule has 7 heteroatoms. The topological polar surface area (TPSA) is 59.0 Å². The maximum atomic E-state index is 12.7. The van der Waals surface area contributed by atoms with Gasteiger partial charge in [-0.15, -0.1) is 0 Å². The van der Waals surface area contributed by atoms with Crippen LogP contribution in [0.4, 0.5) is 0 Å². The monoisotopic (exact) mass is 333 g/mol. The Balaban J connectivity index is 2.28. The number of hydrogen-bond donors (Lipinski definition) is 1. The van der Waals surface area contributed by atoms with Gasteiger partial charge in [-0.05, 0) is 18.6 Å². The van der Waals surface area contributed by atoms with E-state index in [9.17, 15) is 9.90 Å². The fraction of sp³-hybridized carbons (Fsp3) is 0.500. The van der Waals surface area contributed by atoms with Crippen LogP contribution in [0.1, 0.15) is 16.8 Å². The number of carbonyl (C=O) groups excluding carboxylic acids is 1. The molecule has 1 saturated heterocycles. The molecule has 2 rings (SSSR count). The molecule has 1 fully saturated rings. The summed E-state index contributed by atoms with van der Waals surface area (Å²) in [5, 5.41) is 10.4. The van der Waals surface area contributed by atoms with Crippen molar-refractivity contribution >= 4 is 29.1 Å². The number of hydrogen-bond acceptors (Lipinski definition) is 4. The molecule has 21 heavy (non-hydrogen) atoms. The summed E-state index contributed by atoms with van der Waals surface area (Å²) in [5.41, 5.74) is 0.0931. The second-order valence-corrected chi connectivity index (χ2v) is 5.64. The second kappa shape index (κ2) is 7.31. The first-order chi connectivity index (χ1) is 10.0. The molecule has 0 aromatic heterocycles. The summed E-state index contributed by atoms with van der Waals surface area (Å²) in [6.45, 7) is 1.90. The summed E-state index contributed by atoms with van der Waals surface area (Å²) >= 11 is 11.8. The fourth-order valence-electron chi connectivity index (χ4n) is 2.29. The van der Waals surface area contributed by atoms with Crippen molar-refractivity contribution in [2.45, 2.75) is 12.5 Å². The SMILES string of the molecule is COCCN(C(=O)c1cc(Cl)cc(Cl)c1O)[C@H]1CCOC1. The largest absolute Gasteiger partial charge is 0.506 e. The van der Waals surface area contributed by atoms with E-state index in [1.807, 2.05) is 0 Å². The summed E-state index contributed by atoms with van der Waals surface area (Å²) in [6.07, 6.45) is 0.754. The maximum absolute atomic E-state index is 12.7. The van der Waals surface area contributed by atoms with Gasteiger partial charge >= 0.3 is 0 Å². The number of carbonyl (C=O) groups is 1. The van der Waals surface area contributed by atoms with Crippen LogP contribution in [0.25, 0.3) is 0 Å². The van der Waals surface area contributed by atoms with Crippen molar-refractivity contribution in [3.05, 3.63) is 27.7 Å². The van der Waals surface area contributed by atoms with Gasteiger partial charge in [0.2, 0.25) is 0 Å². The molecule has 1 aromatic rings. The van der Waals surface area contributed by atoms with Gasteiger partial charge in [0.1, 0.15) is 5.75 Å². The van der Waals surface area contributed by atoms with E-state index in [2.05, 4.69) is 0 Å². The average molecular weight is 334 g/mol. The number of rotatable bonds is 5. The summed E-state index contributed by atoms with van der Waals surface area (Å²) < 4.78 is 10.4. The van der Waals surface area contributed by atoms with Gasteiger partial charge in [-0.2, -0.15) is 0 Å². The zero-order chi connectivity index (χ0) is 15.4. The molecule has 116 valence electrons. The number of phenols is 1. The Labute approximate surface area is 133 Å². The number of methoxy groups -OCH3 is 1. The van der Waals surface area contributed by atoms with Crippen molar-refractivity contribution in [1.29, 1.82) is 0 Å². The molecule has 1 aromatic carbocycles. The number of nitrogens with zero attached hydrogens (tertiary/aromatic N) is 1. The van der Waals surface area contributed by atoms with Crippen molar-refractivity contribution in [2.24, 2.45) is 0 Å². The van der Waals surface area contributed by atoms with Crippen LogP contribution in [0.3, 0.4) is 0 Å². The molecule has 0 bridgehead atoms. The standard InChI is InChI=1S/C14H17Cl2NO4/c1-20-5-3-17(10-2-4-21-8-10)14(19)11-6-9(15)7-12(16)13(11)18/h6-7,10,18H,2-5,8H2,1H3/t10-/m0/s1. The van der Waals surface area contributed by atoms with Gasteiger partial charge < -0.3 is 19.5 Å². The fourth-order valence-corrected chi connectivity index (χ4v) is 2.78. The molecule has 5 nitrogen and oxygen atoms in total. The van der Waals surface area contributed by atoms with E-state index in [1.165, 1.54) is 12.1 Å². The minimum Gasteiger partial charge on any atom is -0.506 e. The molecule has 1 amide bonds. The van der Waals surface area contributed by atoms with E-state index in [0.717, 1.165) is 6.42 Å². The normalized spacial score (nSPS) is 18.0.